The van der Waals surface area contributed by atoms with E-state index in [9.17, 15) is 10.1 Å². The van der Waals surface area contributed by atoms with Gasteiger partial charge in [0.25, 0.3) is 5.69 Å². The predicted molar refractivity (Wildman–Crippen MR) is 82.1 cm³/mol. The molecule has 2 rings (SSSR count). The summed E-state index contributed by atoms with van der Waals surface area (Å²) in [5.41, 5.74) is 1.28. The van der Waals surface area contributed by atoms with Gasteiger partial charge in [0, 0.05) is 35.5 Å². The Morgan fingerprint density at radius 1 is 1.25 bits per heavy atom. The second kappa shape index (κ2) is 6.15. The number of nitro groups is 1. The first-order valence-corrected chi connectivity index (χ1v) is 7.35. The molecule has 2 aromatic rings. The quantitative estimate of drug-likeness (QED) is 0.651. The van der Waals surface area contributed by atoms with Gasteiger partial charge in [0.1, 0.15) is 0 Å². The van der Waals surface area contributed by atoms with E-state index in [4.69, 9.17) is 0 Å². The maximum absolute atomic E-state index is 10.6. The number of rotatable bonds is 6. The van der Waals surface area contributed by atoms with Crippen LogP contribution in [0.25, 0.3) is 0 Å². The number of nitrogens with zero attached hydrogens (tertiary/aromatic N) is 1. The van der Waals surface area contributed by atoms with Crippen molar-refractivity contribution in [3.8, 4) is 0 Å². The number of hydrogen-bond donors (Lipinski definition) is 1. The van der Waals surface area contributed by atoms with Crippen molar-refractivity contribution in [1.82, 2.24) is 5.32 Å². The lowest BCUT2D eigenvalue weighted by atomic mass is 9.91. The summed E-state index contributed by atoms with van der Waals surface area (Å²) in [4.78, 5) is 11.6. The lowest BCUT2D eigenvalue weighted by Crippen LogP contribution is -2.31. The monoisotopic (exact) mass is 290 g/mol. The Morgan fingerprint density at radius 3 is 2.50 bits per heavy atom. The minimum Gasteiger partial charge on any atom is -0.312 e. The normalized spacial score (nSPS) is 11.5. The Bertz CT molecular complexity index is 562. The van der Waals surface area contributed by atoms with Crippen molar-refractivity contribution in [2.75, 3.05) is 6.54 Å². The minimum atomic E-state index is -0.378. The standard InChI is InChI=1S/C15H18N2O2S/c1-15(2,14-4-3-9-20-14)11-16-10-12-5-7-13(8-6-12)17(18)19/h3-9,16H,10-11H2,1-2H3. The maximum Gasteiger partial charge on any atom is 0.269 e. The molecule has 0 radical (unpaired) electrons. The molecule has 0 unspecified atom stereocenters. The zero-order valence-corrected chi connectivity index (χ0v) is 12.4. The molecule has 0 aliphatic heterocycles. The van der Waals surface area contributed by atoms with Gasteiger partial charge >= 0.3 is 0 Å². The van der Waals surface area contributed by atoms with Gasteiger partial charge in [-0.15, -0.1) is 11.3 Å². The number of non-ortho nitro benzene ring substituents is 1. The van der Waals surface area contributed by atoms with Crippen LogP contribution in [-0.2, 0) is 12.0 Å². The Kier molecular flexibility index (Phi) is 4.52. The average Bonchev–Trinajstić information content (AvgIpc) is 2.94. The molecule has 5 heteroatoms. The van der Waals surface area contributed by atoms with E-state index in [-0.39, 0.29) is 16.0 Å². The molecule has 0 saturated heterocycles. The molecule has 0 bridgehead atoms. The summed E-state index contributed by atoms with van der Waals surface area (Å²) in [5.74, 6) is 0. The Labute approximate surface area is 122 Å². The van der Waals surface area contributed by atoms with Crippen LogP contribution in [0.1, 0.15) is 24.3 Å². The van der Waals surface area contributed by atoms with E-state index >= 15 is 0 Å². The van der Waals surface area contributed by atoms with Gasteiger partial charge in [0.15, 0.2) is 0 Å². The van der Waals surface area contributed by atoms with E-state index in [2.05, 4.69) is 36.7 Å². The van der Waals surface area contributed by atoms with Gasteiger partial charge < -0.3 is 5.32 Å². The van der Waals surface area contributed by atoms with Crippen LogP contribution < -0.4 is 5.32 Å². The van der Waals surface area contributed by atoms with E-state index < -0.39 is 0 Å². The highest BCUT2D eigenvalue weighted by Gasteiger charge is 2.20. The van der Waals surface area contributed by atoms with Crippen molar-refractivity contribution in [3.05, 3.63) is 62.3 Å². The maximum atomic E-state index is 10.6. The number of nitrogens with one attached hydrogen (secondary N) is 1. The molecule has 0 aliphatic rings. The highest BCUT2D eigenvalue weighted by atomic mass is 32.1. The van der Waals surface area contributed by atoms with Crippen LogP contribution in [0.3, 0.4) is 0 Å². The molecule has 1 N–H and O–H groups in total. The third-order valence-electron chi connectivity index (χ3n) is 3.23. The number of nitro benzene ring substituents is 1. The van der Waals surface area contributed by atoms with Crippen LogP contribution in [-0.4, -0.2) is 11.5 Å². The van der Waals surface area contributed by atoms with Gasteiger partial charge in [-0.3, -0.25) is 10.1 Å². The topological polar surface area (TPSA) is 55.2 Å². The molecule has 0 fully saturated rings. The molecule has 0 amide bonds. The second-order valence-electron chi connectivity index (χ2n) is 5.39. The summed E-state index contributed by atoms with van der Waals surface area (Å²) in [7, 11) is 0. The molecule has 4 nitrogen and oxygen atoms in total. The van der Waals surface area contributed by atoms with Crippen molar-refractivity contribution in [1.29, 1.82) is 0 Å². The molecule has 20 heavy (non-hydrogen) atoms. The fourth-order valence-electron chi connectivity index (χ4n) is 2.01. The Morgan fingerprint density at radius 2 is 1.95 bits per heavy atom. The van der Waals surface area contributed by atoms with Gasteiger partial charge in [0.05, 0.1) is 4.92 Å². The van der Waals surface area contributed by atoms with E-state index in [1.165, 1.54) is 4.88 Å². The van der Waals surface area contributed by atoms with E-state index in [1.54, 1.807) is 35.6 Å². The van der Waals surface area contributed by atoms with Gasteiger partial charge in [-0.25, -0.2) is 0 Å². The summed E-state index contributed by atoms with van der Waals surface area (Å²) in [6.07, 6.45) is 0. The molecule has 1 aromatic carbocycles. The largest absolute Gasteiger partial charge is 0.312 e. The predicted octanol–water partition coefficient (Wildman–Crippen LogP) is 3.72. The molecule has 0 saturated carbocycles. The zero-order chi connectivity index (χ0) is 14.6. The van der Waals surface area contributed by atoms with Crippen molar-refractivity contribution < 1.29 is 4.92 Å². The van der Waals surface area contributed by atoms with Crippen LogP contribution in [0, 0.1) is 10.1 Å². The first-order valence-electron chi connectivity index (χ1n) is 6.47. The summed E-state index contributed by atoms with van der Waals surface area (Å²) in [5, 5.41) is 16.1. The molecule has 1 heterocycles. The van der Waals surface area contributed by atoms with Crippen LogP contribution in [0.4, 0.5) is 5.69 Å². The highest BCUT2D eigenvalue weighted by molar-refractivity contribution is 7.10. The van der Waals surface area contributed by atoms with Crippen LogP contribution in [0.15, 0.2) is 41.8 Å². The first-order chi connectivity index (χ1) is 9.49. The smallest absolute Gasteiger partial charge is 0.269 e. The molecular formula is C15H18N2O2S. The van der Waals surface area contributed by atoms with Crippen molar-refractivity contribution in [2.45, 2.75) is 25.8 Å². The van der Waals surface area contributed by atoms with Gasteiger partial charge in [0.2, 0.25) is 0 Å². The molecule has 0 atom stereocenters. The second-order valence-corrected chi connectivity index (χ2v) is 6.34. The first kappa shape index (κ1) is 14.7. The van der Waals surface area contributed by atoms with Gasteiger partial charge in [-0.05, 0) is 17.0 Å². The third-order valence-corrected chi connectivity index (χ3v) is 4.47. The van der Waals surface area contributed by atoms with Crippen molar-refractivity contribution in [2.24, 2.45) is 0 Å². The molecule has 0 aliphatic carbocycles. The Balaban J connectivity index is 1.88. The average molecular weight is 290 g/mol. The number of hydrogen-bond acceptors (Lipinski definition) is 4. The lowest BCUT2D eigenvalue weighted by molar-refractivity contribution is -0.384. The van der Waals surface area contributed by atoms with E-state index in [1.807, 2.05) is 0 Å². The molecule has 0 spiro atoms. The minimum absolute atomic E-state index is 0.0922. The Hall–Kier alpha value is -1.72. The zero-order valence-electron chi connectivity index (χ0n) is 11.6. The molecular weight excluding hydrogens is 272 g/mol. The van der Waals surface area contributed by atoms with Gasteiger partial charge in [-0.2, -0.15) is 0 Å². The molecule has 1 aromatic heterocycles. The van der Waals surface area contributed by atoms with E-state index in [0.717, 1.165) is 12.1 Å². The van der Waals surface area contributed by atoms with Crippen LogP contribution in [0.2, 0.25) is 0 Å². The SMILES string of the molecule is CC(C)(CNCc1ccc([N+](=O)[O-])cc1)c1cccs1. The summed E-state index contributed by atoms with van der Waals surface area (Å²) >= 11 is 1.77. The number of thiophene rings is 1. The third kappa shape index (κ3) is 3.65. The van der Waals surface area contributed by atoms with Crippen LogP contribution >= 0.6 is 11.3 Å². The van der Waals surface area contributed by atoms with Crippen molar-refractivity contribution >= 4 is 17.0 Å². The summed E-state index contributed by atoms with van der Waals surface area (Å²) in [6, 6.07) is 10.9. The fourth-order valence-corrected chi connectivity index (χ4v) is 2.86. The summed E-state index contributed by atoms with van der Waals surface area (Å²) in [6.45, 7) is 6.00. The van der Waals surface area contributed by atoms with Gasteiger partial charge in [-0.1, -0.05) is 32.0 Å². The molecule has 106 valence electrons. The van der Waals surface area contributed by atoms with E-state index in [0.29, 0.717) is 6.54 Å². The van der Waals surface area contributed by atoms with Crippen LogP contribution in [0.5, 0.6) is 0 Å². The lowest BCUT2D eigenvalue weighted by Gasteiger charge is -2.23. The summed E-state index contributed by atoms with van der Waals surface area (Å²) < 4.78 is 0. The highest BCUT2D eigenvalue weighted by Crippen LogP contribution is 2.26. The van der Waals surface area contributed by atoms with Crippen molar-refractivity contribution in [3.63, 3.8) is 0 Å². The fraction of sp³-hybridized carbons (Fsp3) is 0.333. The number of benzene rings is 1.